The molecule has 2 heterocycles. The van der Waals surface area contributed by atoms with Crippen molar-refractivity contribution in [3.05, 3.63) is 106 Å². The van der Waals surface area contributed by atoms with Crippen LogP contribution in [0.1, 0.15) is 47.4 Å². The maximum Gasteiger partial charge on any atom is 0.416 e. The molecule has 2 atom stereocenters. The van der Waals surface area contributed by atoms with Crippen LogP contribution in [-0.2, 0) is 17.3 Å². The fourth-order valence-electron chi connectivity index (χ4n) is 6.23. The molecule has 0 radical (unpaired) electrons. The summed E-state index contributed by atoms with van der Waals surface area (Å²) in [6.07, 6.45) is -1.13. The number of amides is 1. The Morgan fingerprint density at radius 1 is 0.946 bits per heavy atom. The molecule has 3 aliphatic rings. The largest absolute Gasteiger partial charge is 0.448 e. The summed E-state index contributed by atoms with van der Waals surface area (Å²) in [6.45, 7) is 0.220. The van der Waals surface area contributed by atoms with E-state index >= 15 is 0 Å². The van der Waals surface area contributed by atoms with Crippen LogP contribution < -0.4 is 0 Å². The maximum atomic E-state index is 13.8. The van der Waals surface area contributed by atoms with Gasteiger partial charge < -0.3 is 4.74 Å². The highest BCUT2D eigenvalue weighted by Crippen LogP contribution is 2.45. The Kier molecular flexibility index (Phi) is 5.81. The topological polar surface area (TPSA) is 29.5 Å². The highest BCUT2D eigenvalue weighted by Gasteiger charge is 2.42. The molecule has 1 saturated heterocycles. The summed E-state index contributed by atoms with van der Waals surface area (Å²) in [4.78, 5) is 14.9. The van der Waals surface area contributed by atoms with E-state index in [-0.39, 0.29) is 36.6 Å². The lowest BCUT2D eigenvalue weighted by Crippen LogP contribution is -2.44. The van der Waals surface area contributed by atoms with E-state index in [1.54, 1.807) is 4.90 Å². The van der Waals surface area contributed by atoms with Gasteiger partial charge in [-0.2, -0.15) is 13.2 Å². The van der Waals surface area contributed by atoms with Gasteiger partial charge in [0.1, 0.15) is 12.4 Å². The standard InChI is InChI=1S/C30H25F4NO2/c31-20-9-12-28(30(32,33)34)19(16-20)13-18-14-21-10-11-22(15-18)35(21)29(36)37-17-27-25-7-3-1-5-23(25)24-6-2-4-8-26(24)27/h1-9,12,14,16,21-22,27H,10-11,13,15,17H2. The van der Waals surface area contributed by atoms with E-state index in [4.69, 9.17) is 4.74 Å². The minimum Gasteiger partial charge on any atom is -0.448 e. The molecule has 7 heteroatoms. The Hall–Kier alpha value is -3.61. The first-order valence-electron chi connectivity index (χ1n) is 12.5. The first kappa shape index (κ1) is 23.8. The number of nitrogens with zero attached hydrogens (tertiary/aromatic N) is 1. The van der Waals surface area contributed by atoms with Crippen LogP contribution >= 0.6 is 0 Å². The van der Waals surface area contributed by atoms with Gasteiger partial charge >= 0.3 is 12.3 Å². The lowest BCUT2D eigenvalue weighted by Gasteiger charge is -2.34. The van der Waals surface area contributed by atoms with Crippen molar-refractivity contribution in [2.45, 2.75) is 49.9 Å². The summed E-state index contributed by atoms with van der Waals surface area (Å²) in [5.41, 5.74) is 4.48. The third-order valence-electron chi connectivity index (χ3n) is 7.81. The first-order chi connectivity index (χ1) is 17.8. The summed E-state index contributed by atoms with van der Waals surface area (Å²) in [5, 5.41) is 0. The Balaban J connectivity index is 1.17. The molecule has 6 rings (SSSR count). The fourth-order valence-corrected chi connectivity index (χ4v) is 6.23. The molecule has 0 spiro atoms. The van der Waals surface area contributed by atoms with Crippen molar-refractivity contribution < 1.29 is 27.1 Å². The Bertz CT molecular complexity index is 1350. The Morgan fingerprint density at radius 3 is 2.27 bits per heavy atom. The average molecular weight is 508 g/mol. The number of benzene rings is 3. The first-order valence-corrected chi connectivity index (χ1v) is 12.5. The zero-order chi connectivity index (χ0) is 25.7. The van der Waals surface area contributed by atoms with E-state index in [9.17, 15) is 22.4 Å². The molecule has 0 N–H and O–H groups in total. The van der Waals surface area contributed by atoms with Crippen LogP contribution in [0.15, 0.2) is 78.4 Å². The van der Waals surface area contributed by atoms with Crippen molar-refractivity contribution >= 4 is 6.09 Å². The van der Waals surface area contributed by atoms with E-state index in [1.807, 2.05) is 30.3 Å². The molecule has 2 unspecified atom stereocenters. The third kappa shape index (κ3) is 4.30. The normalized spacial score (nSPS) is 20.4. The van der Waals surface area contributed by atoms with Crippen LogP contribution in [0.3, 0.4) is 0 Å². The molecule has 3 aromatic rings. The molecular weight excluding hydrogens is 482 g/mol. The second-order valence-corrected chi connectivity index (χ2v) is 10.0. The third-order valence-corrected chi connectivity index (χ3v) is 7.81. The second kappa shape index (κ2) is 9.05. The SMILES string of the molecule is O=C(OCC1c2ccccc2-c2ccccc21)N1C2C=C(Cc3cc(F)ccc3C(F)(F)F)CC1CC2. The maximum absolute atomic E-state index is 13.8. The molecule has 2 aliphatic heterocycles. The van der Waals surface area contributed by atoms with Gasteiger partial charge in [0, 0.05) is 12.0 Å². The smallest absolute Gasteiger partial charge is 0.416 e. The predicted octanol–water partition coefficient (Wildman–Crippen LogP) is 7.50. The van der Waals surface area contributed by atoms with E-state index < -0.39 is 23.7 Å². The molecule has 1 amide bonds. The fraction of sp³-hybridized carbons (Fsp3) is 0.300. The van der Waals surface area contributed by atoms with Crippen LogP contribution in [-0.4, -0.2) is 29.7 Å². The van der Waals surface area contributed by atoms with Gasteiger partial charge in [-0.05, 0) is 71.7 Å². The van der Waals surface area contributed by atoms with Crippen LogP contribution in [0.25, 0.3) is 11.1 Å². The highest BCUT2D eigenvalue weighted by molar-refractivity contribution is 5.79. The highest BCUT2D eigenvalue weighted by atomic mass is 19.4. The molecule has 190 valence electrons. The number of carbonyl (C=O) groups excluding carboxylic acids is 1. The van der Waals surface area contributed by atoms with Crippen LogP contribution in [0.4, 0.5) is 22.4 Å². The van der Waals surface area contributed by atoms with Gasteiger partial charge in [-0.25, -0.2) is 9.18 Å². The van der Waals surface area contributed by atoms with Crippen molar-refractivity contribution in [3.63, 3.8) is 0 Å². The van der Waals surface area contributed by atoms with Gasteiger partial charge in [0.05, 0.1) is 11.6 Å². The van der Waals surface area contributed by atoms with Crippen molar-refractivity contribution in [1.29, 1.82) is 0 Å². The van der Waals surface area contributed by atoms with Gasteiger partial charge in [0.15, 0.2) is 0 Å². The second-order valence-electron chi connectivity index (χ2n) is 10.0. The number of rotatable bonds is 4. The van der Waals surface area contributed by atoms with Crippen LogP contribution in [0, 0.1) is 5.82 Å². The van der Waals surface area contributed by atoms with Crippen molar-refractivity contribution in [1.82, 2.24) is 4.90 Å². The van der Waals surface area contributed by atoms with E-state index in [2.05, 4.69) is 24.3 Å². The van der Waals surface area contributed by atoms with E-state index in [1.165, 1.54) is 0 Å². The molecule has 3 aromatic carbocycles. The van der Waals surface area contributed by atoms with Gasteiger partial charge in [0.2, 0.25) is 0 Å². The summed E-state index contributed by atoms with van der Waals surface area (Å²) >= 11 is 0. The molecule has 37 heavy (non-hydrogen) atoms. The monoisotopic (exact) mass is 507 g/mol. The Morgan fingerprint density at radius 2 is 1.62 bits per heavy atom. The zero-order valence-electron chi connectivity index (χ0n) is 20.0. The number of alkyl halides is 3. The summed E-state index contributed by atoms with van der Waals surface area (Å²) < 4.78 is 60.0. The number of ether oxygens (including phenoxy) is 1. The quantitative estimate of drug-likeness (QED) is 0.270. The number of carbonyl (C=O) groups is 1. The molecule has 0 aromatic heterocycles. The van der Waals surface area contributed by atoms with Gasteiger partial charge in [-0.1, -0.05) is 60.2 Å². The van der Waals surface area contributed by atoms with Crippen LogP contribution in [0.5, 0.6) is 0 Å². The lowest BCUT2D eigenvalue weighted by molar-refractivity contribution is -0.138. The van der Waals surface area contributed by atoms with Crippen molar-refractivity contribution in [2.24, 2.45) is 0 Å². The zero-order valence-corrected chi connectivity index (χ0v) is 20.0. The van der Waals surface area contributed by atoms with Crippen molar-refractivity contribution in [2.75, 3.05) is 6.61 Å². The summed E-state index contributed by atoms with van der Waals surface area (Å²) in [5.74, 6) is -0.735. The minimum atomic E-state index is -4.55. The molecular formula is C30H25F4NO2. The average Bonchev–Trinajstić information content (AvgIpc) is 3.33. The summed E-state index contributed by atoms with van der Waals surface area (Å²) in [6, 6.07) is 18.5. The predicted molar refractivity (Wildman–Crippen MR) is 132 cm³/mol. The number of hydrogen-bond acceptors (Lipinski definition) is 2. The van der Waals surface area contributed by atoms with Gasteiger partial charge in [0.25, 0.3) is 0 Å². The van der Waals surface area contributed by atoms with Crippen LogP contribution in [0.2, 0.25) is 0 Å². The van der Waals surface area contributed by atoms with Gasteiger partial charge in [-0.3, -0.25) is 4.90 Å². The van der Waals surface area contributed by atoms with E-state index in [0.717, 1.165) is 58.9 Å². The molecule has 1 aliphatic carbocycles. The lowest BCUT2D eigenvalue weighted by atomic mass is 9.92. The summed E-state index contributed by atoms with van der Waals surface area (Å²) in [7, 11) is 0. The number of halogens is 4. The van der Waals surface area contributed by atoms with Gasteiger partial charge in [-0.15, -0.1) is 0 Å². The molecule has 1 fully saturated rings. The number of fused-ring (bicyclic) bond motifs is 5. The molecule has 0 saturated carbocycles. The molecule has 2 bridgehead atoms. The Labute approximate surface area is 212 Å². The minimum absolute atomic E-state index is 0.0120. The molecule has 3 nitrogen and oxygen atoms in total. The van der Waals surface area contributed by atoms with Crippen molar-refractivity contribution in [3.8, 4) is 11.1 Å². The van der Waals surface area contributed by atoms with E-state index in [0.29, 0.717) is 6.42 Å². The number of hydrogen-bond donors (Lipinski definition) is 0.